The van der Waals surface area contributed by atoms with Crippen molar-refractivity contribution in [2.24, 2.45) is 0 Å². The summed E-state index contributed by atoms with van der Waals surface area (Å²) in [4.78, 5) is 2.28. The lowest BCUT2D eigenvalue weighted by molar-refractivity contribution is 0.191. The fourth-order valence-corrected chi connectivity index (χ4v) is 3.44. The van der Waals surface area contributed by atoms with E-state index in [1.807, 2.05) is 12.1 Å². The number of rotatable bonds is 6. The molecule has 18 heavy (non-hydrogen) atoms. The molecule has 0 saturated carbocycles. The van der Waals surface area contributed by atoms with Crippen LogP contribution in [0.1, 0.15) is 18.9 Å². The highest BCUT2D eigenvalue weighted by Crippen LogP contribution is 2.32. The molecule has 0 atom stereocenters. The largest absolute Gasteiger partial charge is 0.395 e. The van der Waals surface area contributed by atoms with Crippen LogP contribution in [0.25, 0.3) is 10.1 Å². The second kappa shape index (κ2) is 6.53. The maximum absolute atomic E-state index is 9.09. The molecule has 0 unspecified atom stereocenters. The molecule has 0 aliphatic heterocycles. The molecule has 2 aromatic rings. The lowest BCUT2D eigenvalue weighted by atomic mass is 10.1. The van der Waals surface area contributed by atoms with E-state index >= 15 is 0 Å². The number of aliphatic hydroxyl groups is 1. The van der Waals surface area contributed by atoms with Gasteiger partial charge < -0.3 is 5.11 Å². The third-order valence-corrected chi connectivity index (χ3v) is 4.49. The zero-order valence-electron chi connectivity index (χ0n) is 10.5. The number of nitrogens with zero attached hydrogens (tertiary/aromatic N) is 1. The second-order valence-corrected chi connectivity index (χ2v) is 5.66. The van der Waals surface area contributed by atoms with E-state index in [1.54, 1.807) is 11.3 Å². The molecule has 0 aliphatic carbocycles. The van der Waals surface area contributed by atoms with E-state index in [0.29, 0.717) is 0 Å². The normalized spacial score (nSPS) is 11.6. The van der Waals surface area contributed by atoms with Gasteiger partial charge in [-0.15, -0.1) is 11.3 Å². The topological polar surface area (TPSA) is 23.5 Å². The van der Waals surface area contributed by atoms with Crippen LogP contribution in [0.4, 0.5) is 0 Å². The fraction of sp³-hybridized carbons (Fsp3) is 0.429. The summed E-state index contributed by atoms with van der Waals surface area (Å²) < 4.78 is 1.16. The van der Waals surface area contributed by atoms with Gasteiger partial charge in [0.1, 0.15) is 0 Å². The molecule has 1 heterocycles. The Morgan fingerprint density at radius 1 is 1.33 bits per heavy atom. The maximum atomic E-state index is 9.09. The standard InChI is InChI=1S/C14H18ClNOS/c1-2-6-16(7-8-17)9-11-10-18-14-12(11)4-3-5-13(14)15/h3-5,10,17H,2,6-9H2,1H3. The molecule has 4 heteroatoms. The third kappa shape index (κ3) is 3.04. The Morgan fingerprint density at radius 2 is 2.17 bits per heavy atom. The average Bonchev–Trinajstić information content (AvgIpc) is 2.75. The van der Waals surface area contributed by atoms with Crippen molar-refractivity contribution >= 4 is 33.0 Å². The van der Waals surface area contributed by atoms with E-state index in [4.69, 9.17) is 16.7 Å². The number of halogens is 1. The maximum Gasteiger partial charge on any atom is 0.0584 e. The van der Waals surface area contributed by atoms with Crippen LogP contribution in [0.3, 0.4) is 0 Å². The molecule has 2 rings (SSSR count). The van der Waals surface area contributed by atoms with Crippen molar-refractivity contribution in [2.75, 3.05) is 19.7 Å². The van der Waals surface area contributed by atoms with Crippen LogP contribution in [0.2, 0.25) is 5.02 Å². The van der Waals surface area contributed by atoms with Gasteiger partial charge in [-0.1, -0.05) is 30.7 Å². The smallest absolute Gasteiger partial charge is 0.0584 e. The van der Waals surface area contributed by atoms with E-state index in [1.165, 1.54) is 10.9 Å². The van der Waals surface area contributed by atoms with E-state index in [2.05, 4.69) is 23.3 Å². The van der Waals surface area contributed by atoms with Gasteiger partial charge in [0.05, 0.1) is 16.3 Å². The SMILES string of the molecule is CCCN(CCO)Cc1csc2c(Cl)cccc12. The van der Waals surface area contributed by atoms with Gasteiger partial charge in [0, 0.05) is 13.1 Å². The lowest BCUT2D eigenvalue weighted by Gasteiger charge is -2.20. The first-order valence-electron chi connectivity index (χ1n) is 6.24. The van der Waals surface area contributed by atoms with Crippen molar-refractivity contribution in [3.05, 3.63) is 34.2 Å². The molecule has 0 amide bonds. The van der Waals surface area contributed by atoms with Gasteiger partial charge in [-0.3, -0.25) is 4.90 Å². The first-order valence-corrected chi connectivity index (χ1v) is 7.49. The molecule has 0 saturated heterocycles. The molecule has 0 bridgehead atoms. The zero-order valence-corrected chi connectivity index (χ0v) is 12.1. The second-order valence-electron chi connectivity index (χ2n) is 4.38. The fourth-order valence-electron chi connectivity index (χ4n) is 2.17. The van der Waals surface area contributed by atoms with Gasteiger partial charge in [-0.2, -0.15) is 0 Å². The summed E-state index contributed by atoms with van der Waals surface area (Å²) in [5, 5.41) is 13.3. The number of aliphatic hydroxyl groups excluding tert-OH is 1. The molecule has 1 aromatic carbocycles. The Morgan fingerprint density at radius 3 is 2.89 bits per heavy atom. The third-order valence-electron chi connectivity index (χ3n) is 2.98. The van der Waals surface area contributed by atoms with Crippen molar-refractivity contribution in [3.8, 4) is 0 Å². The van der Waals surface area contributed by atoms with Crippen LogP contribution >= 0.6 is 22.9 Å². The monoisotopic (exact) mass is 283 g/mol. The quantitative estimate of drug-likeness (QED) is 0.873. The van der Waals surface area contributed by atoms with Gasteiger partial charge in [-0.05, 0) is 35.4 Å². The van der Waals surface area contributed by atoms with Gasteiger partial charge in [-0.25, -0.2) is 0 Å². The Balaban J connectivity index is 2.22. The summed E-state index contributed by atoms with van der Waals surface area (Å²) in [7, 11) is 0. The zero-order chi connectivity index (χ0) is 13.0. The van der Waals surface area contributed by atoms with E-state index < -0.39 is 0 Å². The first-order chi connectivity index (χ1) is 8.76. The van der Waals surface area contributed by atoms with Crippen LogP contribution in [0.5, 0.6) is 0 Å². The summed E-state index contributed by atoms with van der Waals surface area (Å²) >= 11 is 7.88. The van der Waals surface area contributed by atoms with Crippen LogP contribution in [-0.4, -0.2) is 29.7 Å². The van der Waals surface area contributed by atoms with Gasteiger partial charge in [0.25, 0.3) is 0 Å². The van der Waals surface area contributed by atoms with Crippen molar-refractivity contribution in [2.45, 2.75) is 19.9 Å². The van der Waals surface area contributed by atoms with E-state index in [9.17, 15) is 0 Å². The lowest BCUT2D eigenvalue weighted by Crippen LogP contribution is -2.27. The highest BCUT2D eigenvalue weighted by Gasteiger charge is 2.10. The van der Waals surface area contributed by atoms with Crippen LogP contribution < -0.4 is 0 Å². The van der Waals surface area contributed by atoms with Gasteiger partial charge in [0.2, 0.25) is 0 Å². The predicted octanol–water partition coefficient (Wildman–Crippen LogP) is 3.76. The van der Waals surface area contributed by atoms with Crippen molar-refractivity contribution < 1.29 is 5.11 Å². The number of thiophene rings is 1. The van der Waals surface area contributed by atoms with Gasteiger partial charge in [0.15, 0.2) is 0 Å². The van der Waals surface area contributed by atoms with Crippen LogP contribution in [0, 0.1) is 0 Å². The molecular weight excluding hydrogens is 266 g/mol. The first kappa shape index (κ1) is 13.8. The molecule has 0 fully saturated rings. The average molecular weight is 284 g/mol. The highest BCUT2D eigenvalue weighted by molar-refractivity contribution is 7.18. The number of hydrogen-bond donors (Lipinski definition) is 1. The minimum Gasteiger partial charge on any atom is -0.395 e. The molecular formula is C14H18ClNOS. The highest BCUT2D eigenvalue weighted by atomic mass is 35.5. The molecule has 98 valence electrons. The summed E-state index contributed by atoms with van der Waals surface area (Å²) in [6, 6.07) is 6.05. The van der Waals surface area contributed by atoms with E-state index in [-0.39, 0.29) is 6.61 Å². The Bertz CT molecular complexity index is 505. The van der Waals surface area contributed by atoms with Gasteiger partial charge >= 0.3 is 0 Å². The number of fused-ring (bicyclic) bond motifs is 1. The van der Waals surface area contributed by atoms with Crippen molar-refractivity contribution in [1.29, 1.82) is 0 Å². The summed E-state index contributed by atoms with van der Waals surface area (Å²) in [6.45, 7) is 4.99. The number of benzene rings is 1. The summed E-state index contributed by atoms with van der Waals surface area (Å²) in [5.41, 5.74) is 1.31. The predicted molar refractivity (Wildman–Crippen MR) is 79.5 cm³/mol. The molecule has 2 nitrogen and oxygen atoms in total. The van der Waals surface area contributed by atoms with Crippen LogP contribution in [0.15, 0.2) is 23.6 Å². The minimum absolute atomic E-state index is 0.211. The molecule has 0 spiro atoms. The molecule has 0 radical (unpaired) electrons. The minimum atomic E-state index is 0.211. The summed E-state index contributed by atoms with van der Waals surface area (Å²) in [6.07, 6.45) is 1.10. The van der Waals surface area contributed by atoms with Crippen molar-refractivity contribution in [1.82, 2.24) is 4.90 Å². The Labute approximate surface area is 117 Å². The van der Waals surface area contributed by atoms with E-state index in [0.717, 1.165) is 35.8 Å². The molecule has 1 aromatic heterocycles. The van der Waals surface area contributed by atoms with Crippen LogP contribution in [-0.2, 0) is 6.54 Å². The number of hydrogen-bond acceptors (Lipinski definition) is 3. The molecule has 1 N–H and O–H groups in total. The Kier molecular flexibility index (Phi) is 5.01. The summed E-state index contributed by atoms with van der Waals surface area (Å²) in [5.74, 6) is 0. The Hall–Kier alpha value is -0.610. The van der Waals surface area contributed by atoms with Crippen molar-refractivity contribution in [3.63, 3.8) is 0 Å². The molecule has 0 aliphatic rings.